The van der Waals surface area contributed by atoms with E-state index < -0.39 is 253 Å². The van der Waals surface area contributed by atoms with Gasteiger partial charge in [0, 0.05) is 89.8 Å². The Morgan fingerprint density at radius 1 is 0.361 bits per heavy atom. The highest BCUT2D eigenvalue weighted by Crippen LogP contribution is 2.24. The number of carboxylic acids is 2. The summed E-state index contributed by atoms with van der Waals surface area (Å²) in [5.41, 5.74) is 39.8. The summed E-state index contributed by atoms with van der Waals surface area (Å²) in [5, 5.41) is 118. The van der Waals surface area contributed by atoms with Gasteiger partial charge in [-0.25, -0.2) is 4.79 Å². The van der Waals surface area contributed by atoms with Gasteiger partial charge in [-0.1, -0.05) is 66.7 Å². The van der Waals surface area contributed by atoms with Gasteiger partial charge in [-0.15, -0.1) is 0 Å². The van der Waals surface area contributed by atoms with E-state index in [1.807, 2.05) is 18.2 Å². The van der Waals surface area contributed by atoms with E-state index in [4.69, 9.17) is 61.8 Å². The van der Waals surface area contributed by atoms with Crippen LogP contribution < -0.4 is 136 Å². The maximum Gasteiger partial charge on any atom is 0.312 e. The van der Waals surface area contributed by atoms with Gasteiger partial charge in [0.05, 0.1) is 0 Å². The van der Waals surface area contributed by atoms with Crippen LogP contribution in [0.1, 0.15) is 146 Å². The van der Waals surface area contributed by atoms with E-state index in [0.717, 1.165) is 15.7 Å². The summed E-state index contributed by atoms with van der Waals surface area (Å²) < 4.78 is 0. The van der Waals surface area contributed by atoms with Crippen molar-refractivity contribution in [1.82, 2.24) is 101 Å². The molecule has 0 aromatic heterocycles. The molecule has 40 N–H and O–H groups in total. The molecule has 0 unspecified atom stereocenters. The number of hydrogen-bond donors (Lipinski definition) is 35. The standard InChI is InChI=1S/C90H136N30O22S2/c1-48(121)107-57(16-7-37-103-87(95)96)73(129)110-61(18-9-39-105-89(99)100)77(133)115-66(45-51-21-26-52-12-2-3-13-53(52)42-51)81(137)119-68(47-144)83(139)116-64(43-49-22-27-54(122)28-23-49)79(135)111-60(19-10-40-106-90(101)142)74(130)109-58(14-4-5-35-91)76(132)114-63(32-34-71(126)127)85(141)120-41-11-20-69(120)84(140)117-65(44-50-24-29-55(123)30-25-50)80(136)112-59(17-8-38-104-88(97)98)75(131)113-62(31-33-70(124)125)78(134)118-67(46-143)82(138)108-56(72(92)128)15-6-36-102-86(93)94/h2-3,12-13,21-30,42,56-69,122-123,143-144H,4-11,14-20,31-41,43-47,91H2,1H3,(H2,92,128)(H,107,121)(H,108,138)(H,109,130)(H,110,129)(H,111,135)(H,112,136)(H,113,131)(H,114,132)(H,115,133)(H,116,139)(H,117,140)(H,118,134)(H,119,137)(H,124,125)(H,126,127)(H4,93,94,102)(H4,95,96,103)(H4,97,98,104)(H4,99,100,105)(H3,101,106,142)/t56-,57-,58-,59-,60-,61-,62-,63+,64-,65-,66-,67-,68-,69-/m0/s1. The van der Waals surface area contributed by atoms with Crippen molar-refractivity contribution in [3.8, 4) is 11.5 Å². The highest BCUT2D eigenvalue weighted by Gasteiger charge is 2.43. The summed E-state index contributed by atoms with van der Waals surface area (Å²) in [6.07, 6.45) is -4.32. The van der Waals surface area contributed by atoms with Crippen LogP contribution in [-0.4, -0.2) is 298 Å². The molecule has 54 heteroatoms. The number of unbranched alkanes of at least 4 members (excludes halogenated alkanes) is 1. The second-order valence-electron chi connectivity index (χ2n) is 34.1. The summed E-state index contributed by atoms with van der Waals surface area (Å²) in [4.78, 5) is 254. The quantitative estimate of drug-likeness (QED) is 0.00846. The normalized spacial score (nSPS) is 14.7. The average molecular weight is 2050 g/mol. The van der Waals surface area contributed by atoms with Crippen LogP contribution in [0, 0.1) is 21.6 Å². The van der Waals surface area contributed by atoms with Crippen molar-refractivity contribution in [3.05, 3.63) is 108 Å². The van der Waals surface area contributed by atoms with Gasteiger partial charge in [0.25, 0.3) is 0 Å². The lowest BCUT2D eigenvalue weighted by atomic mass is 10.00. The Morgan fingerprint density at radius 2 is 0.667 bits per heavy atom. The fourth-order valence-corrected chi connectivity index (χ4v) is 15.7. The molecule has 0 radical (unpaired) electrons. The fraction of sp³-hybridized carbons (Fsp3) is 0.511. The number of fused-ring (bicyclic) bond motifs is 1. The van der Waals surface area contributed by atoms with Crippen LogP contribution in [0.15, 0.2) is 91.0 Å². The molecule has 1 heterocycles. The van der Waals surface area contributed by atoms with Crippen LogP contribution in [0.5, 0.6) is 11.5 Å². The predicted octanol–water partition coefficient (Wildman–Crippen LogP) is -6.70. The maximum atomic E-state index is 15.2. The van der Waals surface area contributed by atoms with E-state index in [9.17, 15) is 78.0 Å². The molecular formula is C90H136N30O22S2. The largest absolute Gasteiger partial charge is 0.508 e. The number of thiol groups is 2. The minimum absolute atomic E-state index is 0.0101. The molecule has 1 aliphatic rings. The maximum absolute atomic E-state index is 15.2. The zero-order valence-electron chi connectivity index (χ0n) is 79.7. The third-order valence-electron chi connectivity index (χ3n) is 22.7. The number of amides is 17. The zero-order chi connectivity index (χ0) is 107. The highest BCUT2D eigenvalue weighted by atomic mass is 32.1. The summed E-state index contributed by atoms with van der Waals surface area (Å²) in [5.74, 6) is -20.7. The van der Waals surface area contributed by atoms with E-state index in [1.54, 1.807) is 24.3 Å². The van der Waals surface area contributed by atoms with Crippen LogP contribution in [0.25, 0.3) is 10.8 Å². The second-order valence-corrected chi connectivity index (χ2v) is 34.8. The van der Waals surface area contributed by atoms with Gasteiger partial charge in [-0.2, -0.15) is 25.3 Å². The van der Waals surface area contributed by atoms with Gasteiger partial charge < -0.3 is 161 Å². The number of rotatable bonds is 65. The SMILES string of the molecule is CC(=O)N[C@@H](CCCNC(=N)N)C(=O)N[C@@H](CCCNC(=N)N)C(=O)N[C@@H](Cc1ccc2ccccc2c1)C(=O)N[C@@H](CS)C(=O)N[C@@H](Cc1ccc(O)cc1)C(=O)N[C@@H](CCCNC(N)=O)C(=O)N[C@@H](CCCCN)C(=O)N[C@H](CCC(=O)O)C(=O)N1CCC[C@H]1C(=O)N[C@@H](Cc1ccc(O)cc1)C(=O)N[C@@H](CCCNC(=N)N)C(=O)N[C@@H](CCC(=O)O)C(=O)N[C@@H](CS)C(=O)N[C@@H](CCCNC(=N)N)C(N)=O. The van der Waals surface area contributed by atoms with E-state index in [1.165, 1.54) is 55.5 Å². The third kappa shape index (κ3) is 44.3. The van der Waals surface area contributed by atoms with Crippen molar-refractivity contribution >= 4 is 166 Å². The molecule has 5 rings (SSSR count). The molecule has 790 valence electrons. The molecule has 144 heavy (non-hydrogen) atoms. The van der Waals surface area contributed by atoms with Crippen LogP contribution in [0.3, 0.4) is 0 Å². The smallest absolute Gasteiger partial charge is 0.312 e. The number of aliphatic carboxylic acids is 2. The Kier molecular flexibility index (Phi) is 52.0. The molecule has 4 aromatic carbocycles. The number of hydrogen-bond acceptors (Lipinski definition) is 27. The van der Waals surface area contributed by atoms with E-state index in [2.05, 4.69) is 121 Å². The van der Waals surface area contributed by atoms with Gasteiger partial charge >= 0.3 is 18.0 Å². The van der Waals surface area contributed by atoms with Crippen molar-refractivity contribution < 1.29 is 107 Å². The molecule has 0 bridgehead atoms. The molecule has 1 saturated heterocycles. The monoisotopic (exact) mass is 2050 g/mol. The number of carboxylic acid groups (broad SMARTS) is 2. The summed E-state index contributed by atoms with van der Waals surface area (Å²) in [6.45, 7) is 1.02. The number of nitrogens with zero attached hydrogens (tertiary/aromatic N) is 1. The number of primary amides is 2. The van der Waals surface area contributed by atoms with Gasteiger partial charge in [0.15, 0.2) is 23.8 Å². The van der Waals surface area contributed by atoms with Crippen LogP contribution in [0.4, 0.5) is 4.79 Å². The number of likely N-dealkylation sites (tertiary alicyclic amines) is 1. The molecule has 0 saturated carbocycles. The first-order valence-corrected chi connectivity index (χ1v) is 47.9. The molecule has 0 spiro atoms. The molecule has 17 amide bonds. The topological polar surface area (TPSA) is 886 Å². The number of phenols is 2. The van der Waals surface area contributed by atoms with Crippen LogP contribution in [0.2, 0.25) is 0 Å². The number of carbonyl (C=O) groups excluding carboxylic acids is 16. The Labute approximate surface area is 840 Å². The second kappa shape index (κ2) is 62.8. The molecular weight excluding hydrogens is 1920 g/mol. The molecule has 0 aliphatic carbocycles. The van der Waals surface area contributed by atoms with E-state index >= 15 is 28.8 Å². The lowest BCUT2D eigenvalue weighted by Crippen LogP contribution is -2.61. The Balaban J connectivity index is 1.47. The van der Waals surface area contributed by atoms with E-state index in [-0.39, 0.29) is 172 Å². The van der Waals surface area contributed by atoms with Crippen molar-refractivity contribution in [2.45, 2.75) is 233 Å². The van der Waals surface area contributed by atoms with Gasteiger partial charge in [0.2, 0.25) is 88.6 Å². The predicted molar refractivity (Wildman–Crippen MR) is 534 cm³/mol. The first-order chi connectivity index (χ1) is 68.4. The van der Waals surface area contributed by atoms with Crippen LogP contribution >= 0.6 is 25.3 Å². The Morgan fingerprint density at radius 3 is 1.03 bits per heavy atom. The number of aromatic hydroxyl groups is 2. The van der Waals surface area contributed by atoms with Gasteiger partial charge in [-0.3, -0.25) is 103 Å². The van der Waals surface area contributed by atoms with Crippen molar-refractivity contribution in [1.29, 1.82) is 21.6 Å². The van der Waals surface area contributed by atoms with Crippen molar-refractivity contribution in [2.75, 3.05) is 57.3 Å². The first kappa shape index (κ1) is 119. The molecule has 1 fully saturated rings. The number of carbonyl (C=O) groups is 18. The summed E-state index contributed by atoms with van der Waals surface area (Å²) >= 11 is 8.62. The summed E-state index contributed by atoms with van der Waals surface area (Å²) in [6, 6.07) is -0.0921. The Hall–Kier alpha value is -15.3. The number of nitrogens with two attached hydrogens (primary N) is 7. The molecule has 14 atom stereocenters. The molecule has 1 aliphatic heterocycles. The Bertz CT molecular complexity index is 5110. The van der Waals surface area contributed by atoms with Crippen molar-refractivity contribution in [2.24, 2.45) is 40.1 Å². The molecule has 52 nitrogen and oxygen atoms in total. The fourth-order valence-electron chi connectivity index (χ4n) is 15.2. The van der Waals surface area contributed by atoms with Gasteiger partial charge in [0.1, 0.15) is 96.1 Å². The third-order valence-corrected chi connectivity index (χ3v) is 23.4. The molecule has 4 aromatic rings. The van der Waals surface area contributed by atoms with Gasteiger partial charge in [-0.05, 0) is 167 Å². The number of urea groups is 1. The summed E-state index contributed by atoms with van der Waals surface area (Å²) in [7, 11) is 0. The lowest BCUT2D eigenvalue weighted by molar-refractivity contribution is -0.143. The number of phenolic OH excluding ortho intramolecular Hbond substituents is 2. The highest BCUT2D eigenvalue weighted by molar-refractivity contribution is 7.80. The van der Waals surface area contributed by atoms with Crippen molar-refractivity contribution in [3.63, 3.8) is 0 Å². The first-order valence-electron chi connectivity index (χ1n) is 46.6. The minimum Gasteiger partial charge on any atom is -0.508 e. The number of nitrogens with one attached hydrogen (secondary N) is 22. The average Bonchev–Trinajstić information content (AvgIpc) is 1.67. The zero-order valence-corrected chi connectivity index (χ0v) is 81.5. The number of guanidine groups is 4. The lowest BCUT2D eigenvalue weighted by Gasteiger charge is -2.31. The minimum atomic E-state index is -1.81. The van der Waals surface area contributed by atoms with Crippen LogP contribution in [-0.2, 0) is 101 Å². The number of benzene rings is 4. The van der Waals surface area contributed by atoms with E-state index in [0.29, 0.717) is 16.7 Å².